The van der Waals surface area contributed by atoms with Gasteiger partial charge in [0, 0.05) is 23.7 Å². The molecule has 0 radical (unpaired) electrons. The van der Waals surface area contributed by atoms with E-state index in [-0.39, 0.29) is 0 Å². The van der Waals surface area contributed by atoms with Crippen molar-refractivity contribution in [3.8, 4) is 11.5 Å². The zero-order chi connectivity index (χ0) is 13.9. The lowest BCUT2D eigenvalue weighted by atomic mass is 10.1. The summed E-state index contributed by atoms with van der Waals surface area (Å²) in [6.07, 6.45) is 0.829. The lowest BCUT2D eigenvalue weighted by Crippen LogP contribution is -1.81. The van der Waals surface area contributed by atoms with Gasteiger partial charge in [-0.2, -0.15) is 4.37 Å². The lowest BCUT2D eigenvalue weighted by molar-refractivity contribution is 0.465. The van der Waals surface area contributed by atoms with Crippen LogP contribution in [0.25, 0.3) is 11.5 Å². The van der Waals surface area contributed by atoms with Crippen molar-refractivity contribution in [2.45, 2.75) is 29.8 Å². The zero-order valence-corrected chi connectivity index (χ0v) is 12.7. The first-order chi connectivity index (χ1) is 9.76. The van der Waals surface area contributed by atoms with Crippen LogP contribution in [0.15, 0.2) is 38.2 Å². The topological polar surface area (TPSA) is 64.7 Å². The number of hydrogen-bond donors (Lipinski definition) is 0. The summed E-state index contributed by atoms with van der Waals surface area (Å²) in [5, 5.41) is 8.63. The van der Waals surface area contributed by atoms with E-state index in [2.05, 4.69) is 19.6 Å². The Balaban J connectivity index is 1.82. The second-order valence-corrected chi connectivity index (χ2v) is 6.07. The molecule has 0 amide bonds. The van der Waals surface area contributed by atoms with Gasteiger partial charge in [0.25, 0.3) is 5.22 Å². The summed E-state index contributed by atoms with van der Waals surface area (Å²) < 4.78 is 10.7. The van der Waals surface area contributed by atoms with Gasteiger partial charge in [0.2, 0.25) is 5.89 Å². The van der Waals surface area contributed by atoms with Crippen LogP contribution in [-0.2, 0) is 6.42 Å². The molecule has 0 spiro atoms. The summed E-state index contributed by atoms with van der Waals surface area (Å²) in [4.78, 5) is 4.37. The molecule has 5 nitrogen and oxygen atoms in total. The highest BCUT2D eigenvalue weighted by atomic mass is 32.2. The fourth-order valence-corrected chi connectivity index (χ4v) is 3.15. The van der Waals surface area contributed by atoms with Crippen LogP contribution in [0.2, 0.25) is 0 Å². The molecule has 2 heterocycles. The molecule has 0 aliphatic carbocycles. The van der Waals surface area contributed by atoms with Gasteiger partial charge in [0.05, 0.1) is 0 Å². The van der Waals surface area contributed by atoms with Gasteiger partial charge < -0.3 is 4.42 Å². The van der Waals surface area contributed by atoms with Crippen molar-refractivity contribution in [1.82, 2.24) is 19.6 Å². The van der Waals surface area contributed by atoms with E-state index in [1.807, 2.05) is 38.1 Å². The van der Waals surface area contributed by atoms with Crippen LogP contribution in [-0.4, -0.2) is 19.6 Å². The molecule has 0 bridgehead atoms. The van der Waals surface area contributed by atoms with Crippen molar-refractivity contribution in [3.05, 3.63) is 35.7 Å². The summed E-state index contributed by atoms with van der Waals surface area (Å²) >= 11 is 2.70. The highest BCUT2D eigenvalue weighted by molar-refractivity contribution is 8.00. The smallest absolute Gasteiger partial charge is 0.284 e. The second kappa shape index (κ2) is 5.72. The molecule has 3 rings (SSSR count). The zero-order valence-electron chi connectivity index (χ0n) is 11.0. The van der Waals surface area contributed by atoms with Crippen LogP contribution >= 0.6 is 23.3 Å². The van der Waals surface area contributed by atoms with Crippen LogP contribution in [0.1, 0.15) is 18.3 Å². The Morgan fingerprint density at radius 3 is 2.85 bits per heavy atom. The minimum atomic E-state index is 0.488. The van der Waals surface area contributed by atoms with Gasteiger partial charge in [-0.15, -0.1) is 10.2 Å². The van der Waals surface area contributed by atoms with Crippen molar-refractivity contribution in [2.24, 2.45) is 0 Å². The molecule has 2 aromatic heterocycles. The van der Waals surface area contributed by atoms with Crippen LogP contribution in [0.4, 0.5) is 0 Å². The van der Waals surface area contributed by atoms with E-state index in [0.717, 1.165) is 27.7 Å². The summed E-state index contributed by atoms with van der Waals surface area (Å²) in [6, 6.07) is 7.93. The van der Waals surface area contributed by atoms with E-state index in [1.165, 1.54) is 23.3 Å². The molecular formula is C13H12N4OS2. The van der Waals surface area contributed by atoms with Crippen molar-refractivity contribution in [3.63, 3.8) is 0 Å². The van der Waals surface area contributed by atoms with E-state index >= 15 is 0 Å². The fourth-order valence-electron chi connectivity index (χ4n) is 1.67. The summed E-state index contributed by atoms with van der Waals surface area (Å²) in [7, 11) is 0. The SMILES string of the molecule is CCc1nsc(Sc2nnc(-c3ccccc3C)o2)n1. The van der Waals surface area contributed by atoms with Crippen molar-refractivity contribution in [2.75, 3.05) is 0 Å². The molecular weight excluding hydrogens is 292 g/mol. The molecule has 0 saturated carbocycles. The van der Waals surface area contributed by atoms with Crippen LogP contribution in [0.5, 0.6) is 0 Å². The van der Waals surface area contributed by atoms with Gasteiger partial charge in [-0.1, -0.05) is 25.1 Å². The third-order valence-electron chi connectivity index (χ3n) is 2.72. The summed E-state index contributed by atoms with van der Waals surface area (Å²) in [6.45, 7) is 4.05. The molecule has 102 valence electrons. The number of benzene rings is 1. The van der Waals surface area contributed by atoms with E-state index in [1.54, 1.807) is 0 Å². The first kappa shape index (κ1) is 13.3. The molecule has 7 heteroatoms. The predicted molar refractivity (Wildman–Crippen MR) is 77.9 cm³/mol. The minimum absolute atomic E-state index is 0.488. The summed E-state index contributed by atoms with van der Waals surface area (Å²) in [5.74, 6) is 1.38. The van der Waals surface area contributed by atoms with E-state index in [4.69, 9.17) is 4.42 Å². The molecule has 1 aromatic carbocycles. The van der Waals surface area contributed by atoms with Gasteiger partial charge in [-0.3, -0.25) is 0 Å². The van der Waals surface area contributed by atoms with Gasteiger partial charge in [-0.25, -0.2) is 4.98 Å². The molecule has 0 aliphatic heterocycles. The van der Waals surface area contributed by atoms with Crippen molar-refractivity contribution < 1.29 is 4.42 Å². The average molecular weight is 304 g/mol. The van der Waals surface area contributed by atoms with Gasteiger partial charge in [-0.05, 0) is 30.1 Å². The Hall–Kier alpha value is -1.73. The molecule has 0 unspecified atom stereocenters. The molecule has 3 aromatic rings. The number of hydrogen-bond acceptors (Lipinski definition) is 7. The number of aryl methyl sites for hydroxylation is 2. The third-order valence-corrected chi connectivity index (χ3v) is 4.35. The molecule has 20 heavy (non-hydrogen) atoms. The highest BCUT2D eigenvalue weighted by Gasteiger charge is 2.13. The average Bonchev–Trinajstić information content (AvgIpc) is 3.09. The summed E-state index contributed by atoms with van der Waals surface area (Å²) in [5.41, 5.74) is 2.07. The number of aromatic nitrogens is 4. The Morgan fingerprint density at radius 1 is 1.25 bits per heavy atom. The quantitative estimate of drug-likeness (QED) is 0.733. The minimum Gasteiger partial charge on any atom is -0.411 e. The standard InChI is InChI=1S/C13H12N4OS2/c1-3-10-14-13(20-17-10)19-12-16-15-11(18-12)9-7-5-4-6-8(9)2/h4-7H,3H2,1-2H3. The molecule has 0 N–H and O–H groups in total. The number of nitrogens with zero attached hydrogens (tertiary/aromatic N) is 4. The molecule has 0 atom stereocenters. The molecule has 0 aliphatic rings. The lowest BCUT2D eigenvalue weighted by Gasteiger charge is -1.98. The first-order valence-corrected chi connectivity index (χ1v) is 7.75. The second-order valence-electron chi connectivity index (χ2n) is 4.12. The number of rotatable bonds is 4. The van der Waals surface area contributed by atoms with Crippen molar-refractivity contribution >= 4 is 23.3 Å². The normalized spacial score (nSPS) is 10.9. The fraction of sp³-hybridized carbons (Fsp3) is 0.231. The predicted octanol–water partition coefficient (Wildman–Crippen LogP) is 3.61. The highest BCUT2D eigenvalue weighted by Crippen LogP contribution is 2.30. The first-order valence-electron chi connectivity index (χ1n) is 6.16. The van der Waals surface area contributed by atoms with Gasteiger partial charge in [0.15, 0.2) is 4.34 Å². The van der Waals surface area contributed by atoms with Crippen LogP contribution in [0, 0.1) is 6.92 Å². The Kier molecular flexibility index (Phi) is 3.79. The Labute approximate surface area is 124 Å². The monoisotopic (exact) mass is 304 g/mol. The maximum absolute atomic E-state index is 5.68. The van der Waals surface area contributed by atoms with Crippen molar-refractivity contribution in [1.29, 1.82) is 0 Å². The van der Waals surface area contributed by atoms with Gasteiger partial charge in [0.1, 0.15) is 5.82 Å². The van der Waals surface area contributed by atoms with E-state index in [9.17, 15) is 0 Å². The van der Waals surface area contributed by atoms with E-state index in [0.29, 0.717) is 11.1 Å². The Bertz CT molecular complexity index is 722. The van der Waals surface area contributed by atoms with E-state index < -0.39 is 0 Å². The molecule has 0 saturated heterocycles. The third kappa shape index (κ3) is 2.73. The maximum Gasteiger partial charge on any atom is 0.284 e. The van der Waals surface area contributed by atoms with Gasteiger partial charge >= 0.3 is 0 Å². The van der Waals surface area contributed by atoms with Crippen LogP contribution < -0.4 is 0 Å². The maximum atomic E-state index is 5.68. The molecule has 0 fully saturated rings. The largest absolute Gasteiger partial charge is 0.411 e. The van der Waals surface area contributed by atoms with Crippen LogP contribution in [0.3, 0.4) is 0 Å². The Morgan fingerprint density at radius 2 is 2.10 bits per heavy atom.